The Hall–Kier alpha value is -0.765. The van der Waals surface area contributed by atoms with Gasteiger partial charge in [-0.2, -0.15) is 0 Å². The van der Waals surface area contributed by atoms with E-state index in [1.54, 1.807) is 11.2 Å². The van der Waals surface area contributed by atoms with Gasteiger partial charge in [-0.05, 0) is 52.2 Å². The summed E-state index contributed by atoms with van der Waals surface area (Å²) in [6.45, 7) is 10.7. The van der Waals surface area contributed by atoms with Crippen molar-refractivity contribution in [3.05, 3.63) is 24.3 Å². The first-order chi connectivity index (χ1) is 10.5. The van der Waals surface area contributed by atoms with Crippen LogP contribution in [0.1, 0.15) is 34.6 Å². The smallest absolute Gasteiger partial charge is 0.412 e. The second-order valence-electron chi connectivity index (χ2n) is 7.70. The molecule has 2 saturated heterocycles. The summed E-state index contributed by atoms with van der Waals surface area (Å²) < 4.78 is 26.2. The van der Waals surface area contributed by atoms with Crippen LogP contribution in [0.2, 0.25) is 0 Å². The van der Waals surface area contributed by atoms with Crippen LogP contribution in [0, 0.1) is 0 Å². The molecule has 2 heterocycles. The summed E-state index contributed by atoms with van der Waals surface area (Å²) in [4.78, 5) is 0.723. The standard InChI is InChI=1S/C16H24BNO4S.H2O/c1-14(2)15(3,4)22-17(21-14)12-6-8-13(9-7-12)23(20)18-10-16(5,19)11-18;/h6-9,19H,10-11H2,1-5H3;1H2. The molecular weight excluding hydrogens is 329 g/mol. The van der Waals surface area contributed by atoms with Gasteiger partial charge in [-0.15, -0.1) is 0 Å². The Labute approximate surface area is 146 Å². The number of benzene rings is 1. The van der Waals surface area contributed by atoms with E-state index in [9.17, 15) is 9.32 Å². The Morgan fingerprint density at radius 3 is 1.92 bits per heavy atom. The van der Waals surface area contributed by atoms with Crippen LogP contribution in [-0.2, 0) is 20.3 Å². The van der Waals surface area contributed by atoms with Crippen molar-refractivity contribution in [3.8, 4) is 0 Å². The molecule has 3 N–H and O–H groups in total. The van der Waals surface area contributed by atoms with Crippen molar-refractivity contribution >= 4 is 23.6 Å². The van der Waals surface area contributed by atoms with E-state index in [-0.39, 0.29) is 16.7 Å². The summed E-state index contributed by atoms with van der Waals surface area (Å²) in [6.07, 6.45) is 0. The molecule has 6 nitrogen and oxygen atoms in total. The Morgan fingerprint density at radius 1 is 1.04 bits per heavy atom. The largest absolute Gasteiger partial charge is 0.494 e. The first-order valence-electron chi connectivity index (χ1n) is 7.86. The monoisotopic (exact) mass is 355 g/mol. The fourth-order valence-electron chi connectivity index (χ4n) is 2.70. The van der Waals surface area contributed by atoms with Gasteiger partial charge < -0.3 is 19.9 Å². The Bertz CT molecular complexity index is 608. The van der Waals surface area contributed by atoms with Crippen LogP contribution in [-0.4, -0.2) is 56.1 Å². The quantitative estimate of drug-likeness (QED) is 0.787. The van der Waals surface area contributed by atoms with Crippen LogP contribution in [0.4, 0.5) is 0 Å². The molecule has 1 aromatic carbocycles. The molecule has 0 aromatic heterocycles. The number of rotatable bonds is 3. The lowest BCUT2D eigenvalue weighted by molar-refractivity contribution is -0.0403. The Kier molecular flexibility index (Phi) is 5.05. The molecule has 134 valence electrons. The topological polar surface area (TPSA) is 90.5 Å². The summed E-state index contributed by atoms with van der Waals surface area (Å²) in [5.74, 6) is 0. The van der Waals surface area contributed by atoms with Crippen molar-refractivity contribution in [2.75, 3.05) is 13.1 Å². The molecule has 8 heteroatoms. The molecule has 2 aliphatic rings. The molecule has 1 atom stereocenters. The number of β-amino-alcohol motifs (C(OH)–C–C–N with tert-alkyl or cyclic N) is 1. The van der Waals surface area contributed by atoms with E-state index in [1.807, 2.05) is 52.0 Å². The zero-order valence-corrected chi connectivity index (χ0v) is 15.6. The van der Waals surface area contributed by atoms with Crippen molar-refractivity contribution in [2.45, 2.75) is 56.3 Å². The van der Waals surface area contributed by atoms with Gasteiger partial charge in [-0.25, -0.2) is 8.51 Å². The molecule has 0 bridgehead atoms. The van der Waals surface area contributed by atoms with E-state index < -0.39 is 23.7 Å². The molecule has 2 aliphatic heterocycles. The summed E-state index contributed by atoms with van der Waals surface area (Å²) in [6, 6.07) is 7.47. The van der Waals surface area contributed by atoms with Gasteiger partial charge in [-0.1, -0.05) is 12.1 Å². The third-order valence-corrected chi connectivity index (χ3v) is 6.28. The van der Waals surface area contributed by atoms with Gasteiger partial charge >= 0.3 is 7.12 Å². The van der Waals surface area contributed by atoms with Gasteiger partial charge in [0.2, 0.25) is 0 Å². The summed E-state index contributed by atoms with van der Waals surface area (Å²) in [7, 11) is -1.65. The van der Waals surface area contributed by atoms with Gasteiger partial charge in [0.1, 0.15) is 11.0 Å². The minimum Gasteiger partial charge on any atom is -0.412 e. The molecule has 1 aromatic rings. The highest BCUT2D eigenvalue weighted by Gasteiger charge is 2.51. The number of hydrogen-bond donors (Lipinski definition) is 1. The maximum absolute atomic E-state index is 12.4. The van der Waals surface area contributed by atoms with Crippen molar-refractivity contribution in [2.24, 2.45) is 0 Å². The molecule has 3 rings (SSSR count). The predicted molar refractivity (Wildman–Crippen MR) is 94.4 cm³/mol. The van der Waals surface area contributed by atoms with Crippen LogP contribution in [0.25, 0.3) is 0 Å². The lowest BCUT2D eigenvalue weighted by Crippen LogP contribution is -2.60. The first-order valence-corrected chi connectivity index (χ1v) is 8.96. The maximum Gasteiger partial charge on any atom is 0.494 e. The average Bonchev–Trinajstić information content (AvgIpc) is 2.64. The molecule has 24 heavy (non-hydrogen) atoms. The summed E-state index contributed by atoms with van der Waals surface area (Å²) in [5, 5.41) is 9.76. The van der Waals surface area contributed by atoms with Crippen LogP contribution in [0.15, 0.2) is 29.2 Å². The minimum absolute atomic E-state index is 0. The highest BCUT2D eigenvalue weighted by molar-refractivity contribution is 7.82. The van der Waals surface area contributed by atoms with Crippen LogP contribution in [0.3, 0.4) is 0 Å². The van der Waals surface area contributed by atoms with E-state index in [2.05, 4.69) is 0 Å². The molecular formula is C16H26BNO5S. The second-order valence-corrected chi connectivity index (χ2v) is 9.19. The molecule has 0 saturated carbocycles. The highest BCUT2D eigenvalue weighted by atomic mass is 32.2. The van der Waals surface area contributed by atoms with Gasteiger partial charge in [0.05, 0.1) is 21.7 Å². The lowest BCUT2D eigenvalue weighted by atomic mass is 9.79. The number of aliphatic hydroxyl groups is 1. The summed E-state index contributed by atoms with van der Waals surface area (Å²) >= 11 is 0. The number of nitrogens with zero attached hydrogens (tertiary/aromatic N) is 1. The molecule has 2 fully saturated rings. The fraction of sp³-hybridized carbons (Fsp3) is 0.625. The lowest BCUT2D eigenvalue weighted by Gasteiger charge is -2.42. The van der Waals surface area contributed by atoms with Crippen LogP contribution in [0.5, 0.6) is 0 Å². The third kappa shape index (κ3) is 3.45. The van der Waals surface area contributed by atoms with Crippen molar-refractivity contribution in [1.82, 2.24) is 4.31 Å². The Morgan fingerprint density at radius 2 is 1.50 bits per heavy atom. The van der Waals surface area contributed by atoms with Gasteiger partial charge in [0.25, 0.3) is 0 Å². The molecule has 0 radical (unpaired) electrons. The maximum atomic E-state index is 12.4. The van der Waals surface area contributed by atoms with E-state index in [1.165, 1.54) is 0 Å². The van der Waals surface area contributed by atoms with E-state index in [4.69, 9.17) is 9.31 Å². The zero-order chi connectivity index (χ0) is 17.0. The van der Waals surface area contributed by atoms with Crippen LogP contribution < -0.4 is 5.46 Å². The highest BCUT2D eigenvalue weighted by Crippen LogP contribution is 2.36. The third-order valence-electron chi connectivity index (χ3n) is 4.88. The van der Waals surface area contributed by atoms with E-state index >= 15 is 0 Å². The zero-order valence-electron chi connectivity index (χ0n) is 14.8. The van der Waals surface area contributed by atoms with Crippen molar-refractivity contribution in [1.29, 1.82) is 0 Å². The number of hydrogen-bond acceptors (Lipinski definition) is 4. The van der Waals surface area contributed by atoms with Gasteiger partial charge in [-0.3, -0.25) is 0 Å². The van der Waals surface area contributed by atoms with Crippen molar-refractivity contribution < 1.29 is 24.1 Å². The fourth-order valence-corrected chi connectivity index (χ4v) is 4.16. The molecule has 1 unspecified atom stereocenters. The van der Waals surface area contributed by atoms with Gasteiger partial charge in [0.15, 0.2) is 0 Å². The van der Waals surface area contributed by atoms with Crippen LogP contribution >= 0.6 is 0 Å². The van der Waals surface area contributed by atoms with Crippen molar-refractivity contribution in [3.63, 3.8) is 0 Å². The molecule has 0 aliphatic carbocycles. The molecule has 0 spiro atoms. The Balaban J connectivity index is 0.00000208. The predicted octanol–water partition coefficient (Wildman–Crippen LogP) is 0.250. The average molecular weight is 355 g/mol. The van der Waals surface area contributed by atoms with Gasteiger partial charge in [0, 0.05) is 13.1 Å². The van der Waals surface area contributed by atoms with E-state index in [0.29, 0.717) is 13.1 Å². The van der Waals surface area contributed by atoms with E-state index in [0.717, 1.165) is 10.4 Å². The minimum atomic E-state index is -1.24. The first kappa shape index (κ1) is 19.6. The summed E-state index contributed by atoms with van der Waals surface area (Å²) in [5.41, 5.74) is -0.553. The second kappa shape index (κ2) is 6.19. The SMILES string of the molecule is CC1(O)CN(S(=O)c2ccc(B3OC(C)(C)C(C)(C)O3)cc2)C1.O. The molecule has 0 amide bonds. The normalized spacial score (nSPS) is 25.7.